The normalized spacial score (nSPS) is 13.4. The zero-order valence-corrected chi connectivity index (χ0v) is 18.2. The predicted octanol–water partition coefficient (Wildman–Crippen LogP) is 3.87. The van der Waals surface area contributed by atoms with E-state index in [-0.39, 0.29) is 24.4 Å². The molecule has 1 amide bonds. The number of methoxy groups -OCH3 is 1. The lowest BCUT2D eigenvalue weighted by Gasteiger charge is -2.27. The molecule has 0 spiro atoms. The van der Waals surface area contributed by atoms with E-state index in [4.69, 9.17) is 4.74 Å². The van der Waals surface area contributed by atoms with Gasteiger partial charge >= 0.3 is 0 Å². The van der Waals surface area contributed by atoms with Crippen molar-refractivity contribution in [1.82, 2.24) is 10.2 Å². The van der Waals surface area contributed by atoms with Crippen LogP contribution in [0.4, 0.5) is 0 Å². The number of benzene rings is 2. The van der Waals surface area contributed by atoms with Gasteiger partial charge < -0.3 is 15.2 Å². The molecule has 0 unspecified atom stereocenters. The van der Waals surface area contributed by atoms with E-state index in [1.165, 1.54) is 0 Å². The molecule has 0 bridgehead atoms. The molecule has 0 aliphatic rings. The van der Waals surface area contributed by atoms with Gasteiger partial charge in [0.2, 0.25) is 5.91 Å². The van der Waals surface area contributed by atoms with E-state index in [1.54, 1.807) is 7.11 Å². The quantitative estimate of drug-likeness (QED) is 0.638. The maximum Gasteiger partial charge on any atom is 0.234 e. The number of amides is 1. The van der Waals surface area contributed by atoms with Crippen LogP contribution in [0.2, 0.25) is 0 Å². The van der Waals surface area contributed by atoms with Crippen molar-refractivity contribution in [3.63, 3.8) is 0 Å². The lowest BCUT2D eigenvalue weighted by Crippen LogP contribution is -2.41. The maximum atomic E-state index is 12.7. The Morgan fingerprint density at radius 2 is 1.66 bits per heavy atom. The standard InChI is InChI=1S/C24H34N2O3/c1-6-26(15-22(27)19-9-7-18(4)8-10-19)16-23(28)25-24(17(2)3)20-11-13-21(29-5)14-12-20/h7-14,17,22,24,27H,6,15-16H2,1-5H3,(H,25,28)/t22-,24-/m1/s1. The number of nitrogens with zero attached hydrogens (tertiary/aromatic N) is 1. The summed E-state index contributed by atoms with van der Waals surface area (Å²) in [6.07, 6.45) is -0.620. The molecule has 2 aromatic rings. The number of nitrogens with one attached hydrogen (secondary N) is 1. The number of rotatable bonds is 10. The molecule has 0 heterocycles. The first-order valence-electron chi connectivity index (χ1n) is 10.2. The average Bonchev–Trinajstić information content (AvgIpc) is 2.71. The first-order chi connectivity index (χ1) is 13.8. The molecule has 0 radical (unpaired) electrons. The number of hydrogen-bond acceptors (Lipinski definition) is 4. The van der Waals surface area contributed by atoms with E-state index in [0.717, 1.165) is 22.4 Å². The Labute approximate surface area is 174 Å². The minimum Gasteiger partial charge on any atom is -0.497 e. The van der Waals surface area contributed by atoms with Gasteiger partial charge in [-0.15, -0.1) is 0 Å². The van der Waals surface area contributed by atoms with E-state index in [1.807, 2.05) is 67.3 Å². The van der Waals surface area contributed by atoms with Crippen molar-refractivity contribution in [2.45, 2.75) is 39.8 Å². The second-order valence-corrected chi connectivity index (χ2v) is 7.82. The molecule has 0 fully saturated rings. The van der Waals surface area contributed by atoms with Crippen molar-refractivity contribution in [3.8, 4) is 5.75 Å². The number of aliphatic hydroxyl groups excluding tert-OH is 1. The zero-order valence-electron chi connectivity index (χ0n) is 18.2. The number of carbonyl (C=O) groups excluding carboxylic acids is 1. The highest BCUT2D eigenvalue weighted by Crippen LogP contribution is 2.24. The summed E-state index contributed by atoms with van der Waals surface area (Å²) in [4.78, 5) is 14.7. The fourth-order valence-corrected chi connectivity index (χ4v) is 3.31. The van der Waals surface area contributed by atoms with Gasteiger partial charge in [0.15, 0.2) is 0 Å². The summed E-state index contributed by atoms with van der Waals surface area (Å²) >= 11 is 0. The van der Waals surface area contributed by atoms with Crippen LogP contribution in [-0.2, 0) is 4.79 Å². The van der Waals surface area contributed by atoms with Crippen molar-refractivity contribution in [3.05, 3.63) is 65.2 Å². The van der Waals surface area contributed by atoms with Gasteiger partial charge in [0.1, 0.15) is 5.75 Å². The summed E-state index contributed by atoms with van der Waals surface area (Å²) < 4.78 is 5.22. The van der Waals surface area contributed by atoms with Crippen LogP contribution >= 0.6 is 0 Å². The van der Waals surface area contributed by atoms with Gasteiger partial charge in [-0.1, -0.05) is 62.7 Å². The van der Waals surface area contributed by atoms with Gasteiger partial charge in [-0.25, -0.2) is 0 Å². The lowest BCUT2D eigenvalue weighted by atomic mass is 9.96. The molecule has 0 saturated heterocycles. The highest BCUT2D eigenvalue weighted by Gasteiger charge is 2.21. The molecule has 2 aromatic carbocycles. The van der Waals surface area contributed by atoms with Crippen LogP contribution in [0.5, 0.6) is 5.75 Å². The number of aliphatic hydroxyl groups is 1. The van der Waals surface area contributed by atoms with Crippen molar-refractivity contribution in [2.75, 3.05) is 26.7 Å². The monoisotopic (exact) mass is 398 g/mol. The summed E-state index contributed by atoms with van der Waals surface area (Å²) in [5.74, 6) is 1.00. The van der Waals surface area contributed by atoms with Crippen LogP contribution in [0.25, 0.3) is 0 Å². The minimum atomic E-state index is -0.620. The zero-order chi connectivity index (χ0) is 21.4. The molecule has 5 nitrogen and oxygen atoms in total. The lowest BCUT2D eigenvalue weighted by molar-refractivity contribution is -0.123. The molecule has 5 heteroatoms. The first-order valence-corrected chi connectivity index (χ1v) is 10.2. The summed E-state index contributed by atoms with van der Waals surface area (Å²) in [5.41, 5.74) is 3.08. The summed E-state index contributed by atoms with van der Waals surface area (Å²) in [6.45, 7) is 9.55. The third-order valence-electron chi connectivity index (χ3n) is 5.17. The molecule has 2 N–H and O–H groups in total. The van der Waals surface area contributed by atoms with Crippen molar-refractivity contribution in [1.29, 1.82) is 0 Å². The van der Waals surface area contributed by atoms with E-state index in [0.29, 0.717) is 13.1 Å². The molecule has 0 saturated carbocycles. The average molecular weight is 399 g/mol. The van der Waals surface area contributed by atoms with E-state index in [2.05, 4.69) is 19.2 Å². The Bertz CT molecular complexity index is 757. The summed E-state index contributed by atoms with van der Waals surface area (Å²) in [6, 6.07) is 15.6. The molecule has 0 aliphatic heterocycles. The Hall–Kier alpha value is -2.37. The van der Waals surface area contributed by atoms with Gasteiger partial charge in [-0.2, -0.15) is 0 Å². The number of carbonyl (C=O) groups is 1. The van der Waals surface area contributed by atoms with E-state index in [9.17, 15) is 9.90 Å². The largest absolute Gasteiger partial charge is 0.497 e. The minimum absolute atomic E-state index is 0.0440. The van der Waals surface area contributed by atoms with E-state index >= 15 is 0 Å². The second-order valence-electron chi connectivity index (χ2n) is 7.82. The number of likely N-dealkylation sites (N-methyl/N-ethyl adjacent to an activating group) is 1. The fourth-order valence-electron chi connectivity index (χ4n) is 3.31. The van der Waals surface area contributed by atoms with Crippen LogP contribution in [0.1, 0.15) is 49.6 Å². The van der Waals surface area contributed by atoms with Crippen LogP contribution in [0, 0.1) is 12.8 Å². The molecule has 0 aromatic heterocycles. The third-order valence-corrected chi connectivity index (χ3v) is 5.17. The smallest absolute Gasteiger partial charge is 0.234 e. The molecular weight excluding hydrogens is 364 g/mol. The topological polar surface area (TPSA) is 61.8 Å². The predicted molar refractivity (Wildman–Crippen MR) is 117 cm³/mol. The molecule has 2 atom stereocenters. The highest BCUT2D eigenvalue weighted by molar-refractivity contribution is 5.78. The van der Waals surface area contributed by atoms with Crippen LogP contribution in [0.15, 0.2) is 48.5 Å². The number of aryl methyl sites for hydroxylation is 1. The summed E-state index contributed by atoms with van der Waals surface area (Å²) in [7, 11) is 1.64. The van der Waals surface area contributed by atoms with Gasteiger partial charge in [0.05, 0.1) is 25.8 Å². The molecular formula is C24H34N2O3. The third kappa shape index (κ3) is 6.87. The van der Waals surface area contributed by atoms with Crippen LogP contribution in [-0.4, -0.2) is 42.7 Å². The second kappa shape index (κ2) is 11.0. The van der Waals surface area contributed by atoms with Crippen LogP contribution < -0.4 is 10.1 Å². The Morgan fingerprint density at radius 1 is 1.07 bits per heavy atom. The van der Waals surface area contributed by atoms with Gasteiger partial charge in [-0.3, -0.25) is 9.69 Å². The van der Waals surface area contributed by atoms with Crippen molar-refractivity contribution in [2.24, 2.45) is 5.92 Å². The molecule has 2 rings (SSSR count). The Morgan fingerprint density at radius 3 is 2.17 bits per heavy atom. The highest BCUT2D eigenvalue weighted by atomic mass is 16.5. The van der Waals surface area contributed by atoms with Gasteiger partial charge in [0.25, 0.3) is 0 Å². The number of ether oxygens (including phenoxy) is 1. The molecule has 0 aliphatic carbocycles. The maximum absolute atomic E-state index is 12.7. The fraction of sp³-hybridized carbons (Fsp3) is 0.458. The first kappa shape index (κ1) is 22.9. The van der Waals surface area contributed by atoms with Gasteiger partial charge in [-0.05, 0) is 42.6 Å². The Kier molecular flexibility index (Phi) is 8.68. The molecule has 158 valence electrons. The Balaban J connectivity index is 1.98. The van der Waals surface area contributed by atoms with Crippen molar-refractivity contribution >= 4 is 5.91 Å². The summed E-state index contributed by atoms with van der Waals surface area (Å²) in [5, 5.41) is 13.7. The van der Waals surface area contributed by atoms with Crippen molar-refractivity contribution < 1.29 is 14.6 Å². The molecule has 29 heavy (non-hydrogen) atoms. The SMILES string of the molecule is CCN(CC(=O)N[C@@H](c1ccc(OC)cc1)C(C)C)C[C@@H](O)c1ccc(C)cc1. The number of hydrogen-bond donors (Lipinski definition) is 2. The van der Waals surface area contributed by atoms with Crippen LogP contribution in [0.3, 0.4) is 0 Å². The van der Waals surface area contributed by atoms with E-state index < -0.39 is 6.10 Å². The van der Waals surface area contributed by atoms with Gasteiger partial charge in [0, 0.05) is 6.54 Å².